The standard InChI is InChI=1S/C14H20N2O3/c1-9(2)16(14(19)15-8-13(17)18)12-7-10(3)5-6-11(12)4/h5-7,9H,8H2,1-4H3,(H,15,19)(H,17,18). The number of carboxylic acids is 1. The third kappa shape index (κ3) is 3.98. The lowest BCUT2D eigenvalue weighted by molar-refractivity contribution is -0.135. The SMILES string of the molecule is Cc1ccc(C)c(N(C(=O)NCC(=O)O)C(C)C)c1. The molecule has 0 aliphatic heterocycles. The van der Waals surface area contributed by atoms with Crippen LogP contribution in [-0.2, 0) is 4.79 Å². The molecule has 0 aromatic heterocycles. The Morgan fingerprint density at radius 1 is 1.32 bits per heavy atom. The largest absolute Gasteiger partial charge is 0.480 e. The van der Waals surface area contributed by atoms with Gasteiger partial charge in [-0.3, -0.25) is 9.69 Å². The number of nitrogens with zero attached hydrogens (tertiary/aromatic N) is 1. The van der Waals surface area contributed by atoms with Crippen molar-refractivity contribution in [2.45, 2.75) is 33.7 Å². The van der Waals surface area contributed by atoms with Gasteiger partial charge >= 0.3 is 12.0 Å². The summed E-state index contributed by atoms with van der Waals surface area (Å²) in [6, 6.07) is 5.40. The van der Waals surface area contributed by atoms with E-state index in [9.17, 15) is 9.59 Å². The highest BCUT2D eigenvalue weighted by molar-refractivity contribution is 5.94. The van der Waals surface area contributed by atoms with Crippen LogP contribution in [0.15, 0.2) is 18.2 Å². The molecule has 2 amide bonds. The molecular weight excluding hydrogens is 244 g/mol. The summed E-state index contributed by atoms with van der Waals surface area (Å²) in [7, 11) is 0. The summed E-state index contributed by atoms with van der Waals surface area (Å²) in [4.78, 5) is 24.2. The van der Waals surface area contributed by atoms with Crippen molar-refractivity contribution in [1.82, 2.24) is 5.32 Å². The predicted octanol–water partition coefficient (Wildman–Crippen LogP) is 2.31. The second-order valence-corrected chi connectivity index (χ2v) is 4.81. The van der Waals surface area contributed by atoms with Crippen LogP contribution in [0.2, 0.25) is 0 Å². The van der Waals surface area contributed by atoms with Crippen LogP contribution in [0.3, 0.4) is 0 Å². The Morgan fingerprint density at radius 2 is 1.95 bits per heavy atom. The molecular formula is C14H20N2O3. The fraction of sp³-hybridized carbons (Fsp3) is 0.429. The first-order valence-electron chi connectivity index (χ1n) is 6.19. The average molecular weight is 264 g/mol. The molecule has 0 spiro atoms. The Bertz CT molecular complexity index is 484. The Labute approximate surface area is 113 Å². The summed E-state index contributed by atoms with van der Waals surface area (Å²) >= 11 is 0. The number of anilines is 1. The zero-order chi connectivity index (χ0) is 14.6. The second kappa shape index (κ2) is 6.22. The molecule has 0 atom stereocenters. The van der Waals surface area contributed by atoms with E-state index in [2.05, 4.69) is 5.32 Å². The average Bonchev–Trinajstić information content (AvgIpc) is 2.31. The van der Waals surface area contributed by atoms with Gasteiger partial charge in [-0.15, -0.1) is 0 Å². The van der Waals surface area contributed by atoms with Crippen molar-refractivity contribution < 1.29 is 14.7 Å². The molecule has 0 aliphatic carbocycles. The number of aryl methyl sites for hydroxylation is 2. The number of rotatable bonds is 4. The highest BCUT2D eigenvalue weighted by Crippen LogP contribution is 2.23. The summed E-state index contributed by atoms with van der Waals surface area (Å²) in [5.74, 6) is -1.06. The van der Waals surface area contributed by atoms with Crippen LogP contribution in [0.25, 0.3) is 0 Å². The van der Waals surface area contributed by atoms with Crippen molar-refractivity contribution in [3.63, 3.8) is 0 Å². The van der Waals surface area contributed by atoms with Gasteiger partial charge in [-0.25, -0.2) is 4.79 Å². The van der Waals surface area contributed by atoms with Crippen LogP contribution >= 0.6 is 0 Å². The third-order valence-corrected chi connectivity index (χ3v) is 2.75. The van der Waals surface area contributed by atoms with E-state index in [1.807, 2.05) is 45.9 Å². The first-order chi connectivity index (χ1) is 8.82. The molecule has 0 aliphatic rings. The van der Waals surface area contributed by atoms with Gasteiger partial charge in [0, 0.05) is 11.7 Å². The van der Waals surface area contributed by atoms with Crippen LogP contribution in [0, 0.1) is 13.8 Å². The van der Waals surface area contributed by atoms with Gasteiger partial charge in [0.25, 0.3) is 0 Å². The van der Waals surface area contributed by atoms with E-state index in [-0.39, 0.29) is 12.6 Å². The van der Waals surface area contributed by atoms with Crippen molar-refractivity contribution >= 4 is 17.7 Å². The van der Waals surface area contributed by atoms with Crippen LogP contribution in [0.4, 0.5) is 10.5 Å². The molecule has 0 fully saturated rings. The lowest BCUT2D eigenvalue weighted by Gasteiger charge is -2.28. The van der Waals surface area contributed by atoms with Crippen LogP contribution in [0.5, 0.6) is 0 Å². The number of carbonyl (C=O) groups is 2. The number of urea groups is 1. The van der Waals surface area contributed by atoms with Gasteiger partial charge in [0.2, 0.25) is 0 Å². The predicted molar refractivity (Wildman–Crippen MR) is 74.6 cm³/mol. The van der Waals surface area contributed by atoms with E-state index in [1.165, 1.54) is 0 Å². The minimum Gasteiger partial charge on any atom is -0.480 e. The quantitative estimate of drug-likeness (QED) is 0.876. The molecule has 1 aromatic carbocycles. The smallest absolute Gasteiger partial charge is 0.323 e. The van der Waals surface area contributed by atoms with Crippen molar-refractivity contribution in [3.05, 3.63) is 29.3 Å². The van der Waals surface area contributed by atoms with Gasteiger partial charge in [0.15, 0.2) is 0 Å². The molecule has 5 nitrogen and oxygen atoms in total. The summed E-state index contributed by atoms with van der Waals surface area (Å²) in [5.41, 5.74) is 2.83. The van der Waals surface area contributed by atoms with E-state index in [4.69, 9.17) is 5.11 Å². The number of aliphatic carboxylic acids is 1. The van der Waals surface area contributed by atoms with Crippen LogP contribution in [-0.4, -0.2) is 29.7 Å². The van der Waals surface area contributed by atoms with Gasteiger partial charge in [0.05, 0.1) is 0 Å². The maximum absolute atomic E-state index is 12.1. The molecule has 0 saturated carbocycles. The van der Waals surface area contributed by atoms with Crippen molar-refractivity contribution in [2.24, 2.45) is 0 Å². The molecule has 2 N–H and O–H groups in total. The molecule has 0 radical (unpaired) electrons. The molecule has 0 saturated heterocycles. The molecule has 1 aromatic rings. The molecule has 5 heteroatoms. The minimum absolute atomic E-state index is 0.0608. The first-order valence-corrected chi connectivity index (χ1v) is 6.19. The van der Waals surface area contributed by atoms with E-state index in [0.29, 0.717) is 0 Å². The van der Waals surface area contributed by atoms with Crippen molar-refractivity contribution in [2.75, 3.05) is 11.4 Å². The maximum Gasteiger partial charge on any atom is 0.323 e. The Kier molecular flexibility index (Phi) is 4.92. The van der Waals surface area contributed by atoms with Gasteiger partial charge in [-0.05, 0) is 44.9 Å². The molecule has 19 heavy (non-hydrogen) atoms. The van der Waals surface area contributed by atoms with Crippen LogP contribution in [0.1, 0.15) is 25.0 Å². The first kappa shape index (κ1) is 15.0. The maximum atomic E-state index is 12.1. The van der Waals surface area contributed by atoms with Crippen molar-refractivity contribution in [3.8, 4) is 0 Å². The zero-order valence-corrected chi connectivity index (χ0v) is 11.7. The van der Waals surface area contributed by atoms with Gasteiger partial charge in [-0.1, -0.05) is 12.1 Å². The Balaban J connectivity index is 3.03. The van der Waals surface area contributed by atoms with E-state index in [1.54, 1.807) is 4.90 Å². The Morgan fingerprint density at radius 3 is 2.47 bits per heavy atom. The number of amides is 2. The minimum atomic E-state index is -1.06. The topological polar surface area (TPSA) is 69.6 Å². The molecule has 104 valence electrons. The normalized spacial score (nSPS) is 10.4. The molecule has 0 unspecified atom stereocenters. The lowest BCUT2D eigenvalue weighted by atomic mass is 10.1. The summed E-state index contributed by atoms with van der Waals surface area (Å²) < 4.78 is 0. The fourth-order valence-corrected chi connectivity index (χ4v) is 1.84. The van der Waals surface area contributed by atoms with Crippen molar-refractivity contribution in [1.29, 1.82) is 0 Å². The lowest BCUT2D eigenvalue weighted by Crippen LogP contribution is -2.46. The van der Waals surface area contributed by atoms with E-state index in [0.717, 1.165) is 16.8 Å². The number of nitrogens with one attached hydrogen (secondary N) is 1. The summed E-state index contributed by atoms with van der Waals surface area (Å²) in [5, 5.41) is 11.0. The fourth-order valence-electron chi connectivity index (χ4n) is 1.84. The third-order valence-electron chi connectivity index (χ3n) is 2.75. The molecule has 0 bridgehead atoms. The number of hydrogen-bond acceptors (Lipinski definition) is 2. The molecule has 0 heterocycles. The highest BCUT2D eigenvalue weighted by Gasteiger charge is 2.21. The number of hydrogen-bond donors (Lipinski definition) is 2. The Hall–Kier alpha value is -2.04. The number of carboxylic acid groups (broad SMARTS) is 1. The van der Waals surface area contributed by atoms with Gasteiger partial charge in [0.1, 0.15) is 6.54 Å². The van der Waals surface area contributed by atoms with Gasteiger partial charge in [-0.2, -0.15) is 0 Å². The summed E-state index contributed by atoms with van der Waals surface area (Å²) in [6.07, 6.45) is 0. The zero-order valence-electron chi connectivity index (χ0n) is 11.7. The van der Waals surface area contributed by atoms with E-state index >= 15 is 0 Å². The van der Waals surface area contributed by atoms with Crippen LogP contribution < -0.4 is 10.2 Å². The summed E-state index contributed by atoms with van der Waals surface area (Å²) in [6.45, 7) is 7.28. The molecule has 1 rings (SSSR count). The van der Waals surface area contributed by atoms with Gasteiger partial charge < -0.3 is 10.4 Å². The number of benzene rings is 1. The number of carbonyl (C=O) groups excluding carboxylic acids is 1. The van der Waals surface area contributed by atoms with E-state index < -0.39 is 12.0 Å². The second-order valence-electron chi connectivity index (χ2n) is 4.81. The monoisotopic (exact) mass is 264 g/mol. The highest BCUT2D eigenvalue weighted by atomic mass is 16.4.